The van der Waals surface area contributed by atoms with Crippen LogP contribution in [-0.2, 0) is 4.79 Å². The molecule has 0 atom stereocenters. The highest BCUT2D eigenvalue weighted by molar-refractivity contribution is 5.90. The number of amides is 1. The van der Waals surface area contributed by atoms with Crippen molar-refractivity contribution < 1.29 is 14.3 Å². The minimum absolute atomic E-state index is 0.0981. The van der Waals surface area contributed by atoms with Gasteiger partial charge in [-0.05, 0) is 25.0 Å². The summed E-state index contributed by atoms with van der Waals surface area (Å²) in [6, 6.07) is 5.62. The molecule has 0 aromatic heterocycles. The van der Waals surface area contributed by atoms with Gasteiger partial charge in [-0.2, -0.15) is 0 Å². The van der Waals surface area contributed by atoms with Crippen molar-refractivity contribution in [3.8, 4) is 11.5 Å². The van der Waals surface area contributed by atoms with Crippen LogP contribution in [0.15, 0.2) is 18.2 Å². The lowest BCUT2D eigenvalue weighted by molar-refractivity contribution is -0.114. The molecule has 1 aromatic rings. The van der Waals surface area contributed by atoms with Crippen LogP contribution in [0, 0.1) is 0 Å². The molecule has 24 heavy (non-hydrogen) atoms. The number of anilines is 1. The number of hydrogen-bond donors (Lipinski definition) is 1. The lowest BCUT2D eigenvalue weighted by Gasteiger charge is -2.14. The van der Waals surface area contributed by atoms with Crippen LogP contribution in [0.2, 0.25) is 0 Å². The molecule has 0 bridgehead atoms. The van der Waals surface area contributed by atoms with Crippen LogP contribution in [0.3, 0.4) is 0 Å². The quantitative estimate of drug-likeness (QED) is 0.480. The lowest BCUT2D eigenvalue weighted by atomic mass is 10.2. The van der Waals surface area contributed by atoms with Crippen molar-refractivity contribution in [1.82, 2.24) is 0 Å². The molecule has 4 nitrogen and oxygen atoms in total. The van der Waals surface area contributed by atoms with Crippen LogP contribution < -0.4 is 14.8 Å². The second-order valence-electron chi connectivity index (χ2n) is 6.16. The smallest absolute Gasteiger partial charge is 0.221 e. The first-order valence-electron chi connectivity index (χ1n) is 9.34. The highest BCUT2D eigenvalue weighted by Crippen LogP contribution is 2.30. The van der Waals surface area contributed by atoms with Crippen LogP contribution in [0.5, 0.6) is 11.5 Å². The Morgan fingerprint density at radius 3 is 2.12 bits per heavy atom. The van der Waals surface area contributed by atoms with E-state index in [1.807, 2.05) is 18.2 Å². The van der Waals surface area contributed by atoms with Gasteiger partial charge in [-0.3, -0.25) is 4.79 Å². The molecule has 0 aliphatic carbocycles. The Labute approximate surface area is 146 Å². The van der Waals surface area contributed by atoms with E-state index >= 15 is 0 Å². The summed E-state index contributed by atoms with van der Waals surface area (Å²) in [5.74, 6) is 1.39. The summed E-state index contributed by atoms with van der Waals surface area (Å²) in [5, 5.41) is 2.82. The fourth-order valence-electron chi connectivity index (χ4n) is 2.43. The number of hydrogen-bond acceptors (Lipinski definition) is 3. The molecular weight excluding hydrogens is 302 g/mol. The van der Waals surface area contributed by atoms with Crippen molar-refractivity contribution >= 4 is 11.6 Å². The first-order valence-corrected chi connectivity index (χ1v) is 9.34. The second-order valence-corrected chi connectivity index (χ2v) is 6.16. The van der Waals surface area contributed by atoms with E-state index in [0.717, 1.165) is 25.2 Å². The summed E-state index contributed by atoms with van der Waals surface area (Å²) in [4.78, 5) is 11.3. The fraction of sp³-hybridized carbons (Fsp3) is 0.650. The van der Waals surface area contributed by atoms with Crippen molar-refractivity contribution in [3.63, 3.8) is 0 Å². The van der Waals surface area contributed by atoms with Crippen LogP contribution >= 0.6 is 0 Å². The summed E-state index contributed by atoms with van der Waals surface area (Å²) < 4.78 is 11.7. The van der Waals surface area contributed by atoms with Crippen molar-refractivity contribution in [1.29, 1.82) is 0 Å². The van der Waals surface area contributed by atoms with Gasteiger partial charge < -0.3 is 14.8 Å². The Balaban J connectivity index is 2.57. The lowest BCUT2D eigenvalue weighted by Crippen LogP contribution is -2.09. The Morgan fingerprint density at radius 2 is 1.54 bits per heavy atom. The second kappa shape index (κ2) is 12.7. The molecule has 0 heterocycles. The van der Waals surface area contributed by atoms with Crippen LogP contribution in [0.4, 0.5) is 5.69 Å². The first-order chi connectivity index (χ1) is 11.7. The van der Waals surface area contributed by atoms with E-state index < -0.39 is 0 Å². The molecule has 1 amide bonds. The average Bonchev–Trinajstić information content (AvgIpc) is 2.56. The number of benzene rings is 1. The molecule has 0 unspecified atom stereocenters. The summed E-state index contributed by atoms with van der Waals surface area (Å²) in [7, 11) is 0. The molecule has 0 aliphatic heterocycles. The molecule has 1 rings (SSSR count). The van der Waals surface area contributed by atoms with Gasteiger partial charge in [-0.25, -0.2) is 0 Å². The molecule has 1 N–H and O–H groups in total. The van der Waals surface area contributed by atoms with Gasteiger partial charge >= 0.3 is 0 Å². The van der Waals surface area contributed by atoms with E-state index in [4.69, 9.17) is 9.47 Å². The van der Waals surface area contributed by atoms with E-state index in [2.05, 4.69) is 19.2 Å². The third kappa shape index (κ3) is 8.80. The minimum atomic E-state index is -0.0981. The molecule has 0 fully saturated rings. The van der Waals surface area contributed by atoms with Gasteiger partial charge in [0.2, 0.25) is 5.91 Å². The van der Waals surface area contributed by atoms with Gasteiger partial charge in [0.05, 0.1) is 18.9 Å². The Kier molecular flexibility index (Phi) is 10.7. The van der Waals surface area contributed by atoms with Gasteiger partial charge in [-0.15, -0.1) is 0 Å². The number of ether oxygens (including phenoxy) is 2. The maximum Gasteiger partial charge on any atom is 0.221 e. The third-order valence-corrected chi connectivity index (χ3v) is 3.79. The zero-order valence-corrected chi connectivity index (χ0v) is 15.5. The summed E-state index contributed by atoms with van der Waals surface area (Å²) in [6.07, 6.45) is 9.35. The van der Waals surface area contributed by atoms with Gasteiger partial charge in [0.15, 0.2) is 0 Å². The van der Waals surface area contributed by atoms with E-state index in [9.17, 15) is 4.79 Å². The van der Waals surface area contributed by atoms with Gasteiger partial charge in [0, 0.05) is 13.0 Å². The van der Waals surface area contributed by atoms with Crippen molar-refractivity contribution in [2.45, 2.75) is 72.1 Å². The molecule has 0 radical (unpaired) electrons. The summed E-state index contributed by atoms with van der Waals surface area (Å²) in [5.41, 5.74) is 0.705. The number of nitrogens with one attached hydrogen (secondary N) is 1. The van der Waals surface area contributed by atoms with Crippen molar-refractivity contribution in [2.75, 3.05) is 18.5 Å². The van der Waals surface area contributed by atoms with Gasteiger partial charge in [0.1, 0.15) is 11.5 Å². The number of unbranched alkanes of at least 4 members (excludes halogenated alkanes) is 6. The normalized spacial score (nSPS) is 10.5. The monoisotopic (exact) mass is 335 g/mol. The minimum Gasteiger partial charge on any atom is -0.493 e. The highest BCUT2D eigenvalue weighted by atomic mass is 16.5. The summed E-state index contributed by atoms with van der Waals surface area (Å²) >= 11 is 0. The molecule has 1 aromatic carbocycles. The van der Waals surface area contributed by atoms with Crippen LogP contribution in [-0.4, -0.2) is 19.1 Å². The number of rotatable bonds is 13. The molecule has 0 aliphatic rings. The number of carbonyl (C=O) groups is 1. The van der Waals surface area contributed by atoms with Crippen molar-refractivity contribution in [2.24, 2.45) is 0 Å². The highest BCUT2D eigenvalue weighted by Gasteiger charge is 2.08. The topological polar surface area (TPSA) is 47.6 Å². The van der Waals surface area contributed by atoms with Gasteiger partial charge in [0.25, 0.3) is 0 Å². The maximum atomic E-state index is 11.3. The molecule has 4 heteroatoms. The average molecular weight is 335 g/mol. The Bertz CT molecular complexity index is 474. The van der Waals surface area contributed by atoms with E-state index in [-0.39, 0.29) is 5.91 Å². The standard InChI is InChI=1S/C20H33NO3/c1-4-6-8-10-14-23-18-12-13-19(21-17(3)22)20(16-18)24-15-11-9-7-5-2/h12-13,16H,4-11,14-15H2,1-3H3,(H,21,22). The zero-order chi connectivity index (χ0) is 17.6. The third-order valence-electron chi connectivity index (χ3n) is 3.79. The predicted octanol–water partition coefficient (Wildman–Crippen LogP) is 5.56. The van der Waals surface area contributed by atoms with Crippen LogP contribution in [0.25, 0.3) is 0 Å². The Hall–Kier alpha value is -1.71. The Morgan fingerprint density at radius 1 is 0.917 bits per heavy atom. The largest absolute Gasteiger partial charge is 0.493 e. The fourth-order valence-corrected chi connectivity index (χ4v) is 2.43. The van der Waals surface area contributed by atoms with E-state index in [0.29, 0.717) is 18.0 Å². The SMILES string of the molecule is CCCCCCOc1ccc(NC(C)=O)c(OCCCCCC)c1. The van der Waals surface area contributed by atoms with E-state index in [1.165, 1.54) is 45.4 Å². The molecule has 136 valence electrons. The first kappa shape index (κ1) is 20.3. The molecule has 0 spiro atoms. The van der Waals surface area contributed by atoms with E-state index in [1.54, 1.807) is 0 Å². The number of carbonyl (C=O) groups excluding carboxylic acids is 1. The maximum absolute atomic E-state index is 11.3. The molecule has 0 saturated carbocycles. The molecular formula is C20H33NO3. The summed E-state index contributed by atoms with van der Waals surface area (Å²) in [6.45, 7) is 7.27. The van der Waals surface area contributed by atoms with Crippen molar-refractivity contribution in [3.05, 3.63) is 18.2 Å². The van der Waals surface area contributed by atoms with Crippen LogP contribution in [0.1, 0.15) is 72.1 Å². The molecule has 0 saturated heterocycles. The predicted molar refractivity (Wildman–Crippen MR) is 100 cm³/mol. The van der Waals surface area contributed by atoms with Gasteiger partial charge in [-0.1, -0.05) is 52.4 Å². The zero-order valence-electron chi connectivity index (χ0n) is 15.5.